The topological polar surface area (TPSA) is 90.5 Å². The molecule has 23 heavy (non-hydrogen) atoms. The molecule has 2 aliphatic heterocycles. The van der Waals surface area contributed by atoms with Crippen molar-refractivity contribution in [2.75, 3.05) is 26.2 Å². The van der Waals surface area contributed by atoms with Crippen LogP contribution in [0.4, 0.5) is 4.79 Å². The first-order valence-electron chi connectivity index (χ1n) is 8.65. The summed E-state index contributed by atoms with van der Waals surface area (Å²) < 4.78 is 0. The summed E-state index contributed by atoms with van der Waals surface area (Å²) >= 11 is 0. The van der Waals surface area contributed by atoms with Crippen LogP contribution in [-0.2, 0) is 9.59 Å². The van der Waals surface area contributed by atoms with E-state index in [1.807, 2.05) is 0 Å². The molecule has 0 aromatic rings. The number of nitrogens with zero attached hydrogens (tertiary/aromatic N) is 1. The predicted molar refractivity (Wildman–Crippen MR) is 84.6 cm³/mol. The summed E-state index contributed by atoms with van der Waals surface area (Å²) in [4.78, 5) is 37.9. The van der Waals surface area contributed by atoms with E-state index in [9.17, 15) is 14.4 Å². The molecular weight excluding hydrogens is 296 g/mol. The van der Waals surface area contributed by atoms with E-state index in [1.54, 1.807) is 0 Å². The van der Waals surface area contributed by atoms with Gasteiger partial charge in [-0.3, -0.25) is 14.5 Å². The lowest BCUT2D eigenvalue weighted by molar-refractivity contribution is -0.136. The number of hydrogen-bond acceptors (Lipinski definition) is 4. The van der Waals surface area contributed by atoms with Crippen LogP contribution in [-0.4, -0.2) is 54.5 Å². The molecule has 0 radical (unpaired) electrons. The quantitative estimate of drug-likeness (QED) is 0.631. The molecule has 128 valence electrons. The van der Waals surface area contributed by atoms with Crippen LogP contribution in [0.15, 0.2) is 0 Å². The number of amides is 4. The van der Waals surface area contributed by atoms with Gasteiger partial charge in [-0.05, 0) is 31.6 Å². The molecule has 3 aliphatic rings. The van der Waals surface area contributed by atoms with Crippen LogP contribution in [0, 0.1) is 11.8 Å². The summed E-state index contributed by atoms with van der Waals surface area (Å²) in [6.07, 6.45) is 4.39. The van der Waals surface area contributed by atoms with Gasteiger partial charge in [0.05, 0.1) is 0 Å². The molecule has 4 amide bonds. The lowest BCUT2D eigenvalue weighted by Gasteiger charge is -2.34. The molecule has 0 atom stereocenters. The minimum Gasteiger partial charge on any atom is -0.354 e. The van der Waals surface area contributed by atoms with Gasteiger partial charge in [0.2, 0.25) is 5.91 Å². The van der Waals surface area contributed by atoms with Gasteiger partial charge in [-0.2, -0.15) is 0 Å². The van der Waals surface area contributed by atoms with Gasteiger partial charge >= 0.3 is 6.03 Å². The van der Waals surface area contributed by atoms with Crippen LogP contribution in [0.1, 0.15) is 39.0 Å². The number of hydrogen-bond donors (Lipinski definition) is 3. The minimum absolute atomic E-state index is 0.177. The maximum atomic E-state index is 12.7. The molecule has 1 spiro atoms. The Bertz CT molecular complexity index is 496. The molecule has 0 unspecified atom stereocenters. The first-order chi connectivity index (χ1) is 11.0. The standard InChI is InChI=1S/C16H26N4O3/c1-2-11-3-5-16(6-4-11)14(22)20(15(23)19-16)10-13(21)18-9-12-7-17-8-12/h11-12,17H,2-10H2,1H3,(H,18,21)(H,19,23). The second-order valence-corrected chi connectivity index (χ2v) is 7.08. The third-order valence-corrected chi connectivity index (χ3v) is 5.54. The number of imide groups is 1. The van der Waals surface area contributed by atoms with Crippen LogP contribution < -0.4 is 16.0 Å². The van der Waals surface area contributed by atoms with E-state index in [1.165, 1.54) is 0 Å². The van der Waals surface area contributed by atoms with Crippen molar-refractivity contribution in [1.29, 1.82) is 0 Å². The van der Waals surface area contributed by atoms with Gasteiger partial charge in [-0.15, -0.1) is 0 Å². The van der Waals surface area contributed by atoms with Crippen molar-refractivity contribution in [2.24, 2.45) is 11.8 Å². The molecule has 1 aliphatic carbocycles. The van der Waals surface area contributed by atoms with E-state index in [0.29, 0.717) is 31.2 Å². The number of urea groups is 1. The first kappa shape index (κ1) is 16.2. The van der Waals surface area contributed by atoms with Gasteiger partial charge in [-0.25, -0.2) is 4.79 Å². The Morgan fingerprint density at radius 3 is 2.52 bits per heavy atom. The molecule has 7 nitrogen and oxygen atoms in total. The number of carbonyl (C=O) groups excluding carboxylic acids is 3. The predicted octanol–water partition coefficient (Wildman–Crippen LogP) is 0.213. The summed E-state index contributed by atoms with van der Waals surface area (Å²) in [6.45, 7) is 4.39. The molecule has 0 bridgehead atoms. The van der Waals surface area contributed by atoms with Crippen molar-refractivity contribution in [3.63, 3.8) is 0 Å². The van der Waals surface area contributed by atoms with E-state index in [0.717, 1.165) is 37.3 Å². The van der Waals surface area contributed by atoms with E-state index in [-0.39, 0.29) is 18.4 Å². The fourth-order valence-electron chi connectivity index (χ4n) is 3.69. The molecule has 3 fully saturated rings. The highest BCUT2D eigenvalue weighted by molar-refractivity contribution is 6.09. The van der Waals surface area contributed by atoms with Gasteiger partial charge in [0, 0.05) is 25.6 Å². The Kier molecular flexibility index (Phi) is 4.57. The largest absolute Gasteiger partial charge is 0.354 e. The highest BCUT2D eigenvalue weighted by atomic mass is 16.2. The first-order valence-corrected chi connectivity index (χ1v) is 8.65. The third kappa shape index (κ3) is 3.20. The third-order valence-electron chi connectivity index (χ3n) is 5.54. The second kappa shape index (κ2) is 6.47. The minimum atomic E-state index is -0.763. The van der Waals surface area contributed by atoms with E-state index in [4.69, 9.17) is 0 Å². The second-order valence-electron chi connectivity index (χ2n) is 7.08. The van der Waals surface area contributed by atoms with Crippen LogP contribution in [0.5, 0.6) is 0 Å². The highest BCUT2D eigenvalue weighted by Crippen LogP contribution is 2.37. The molecule has 3 N–H and O–H groups in total. The lowest BCUT2D eigenvalue weighted by atomic mass is 9.75. The Morgan fingerprint density at radius 2 is 1.96 bits per heavy atom. The SMILES string of the molecule is CCC1CCC2(CC1)NC(=O)N(CC(=O)NCC1CNC1)C2=O. The average molecular weight is 322 g/mol. The summed E-state index contributed by atoms with van der Waals surface area (Å²) in [7, 11) is 0. The fourth-order valence-corrected chi connectivity index (χ4v) is 3.69. The lowest BCUT2D eigenvalue weighted by Crippen LogP contribution is -2.51. The van der Waals surface area contributed by atoms with Crippen LogP contribution in [0.2, 0.25) is 0 Å². The van der Waals surface area contributed by atoms with Gasteiger partial charge in [0.25, 0.3) is 5.91 Å². The molecular formula is C16H26N4O3. The maximum Gasteiger partial charge on any atom is 0.325 e. The summed E-state index contributed by atoms with van der Waals surface area (Å²) in [5, 5.41) is 8.80. The van der Waals surface area contributed by atoms with Crippen molar-refractivity contribution in [1.82, 2.24) is 20.9 Å². The number of nitrogens with one attached hydrogen (secondary N) is 3. The molecule has 0 aromatic carbocycles. The fraction of sp³-hybridized carbons (Fsp3) is 0.812. The molecule has 3 rings (SSSR count). The smallest absolute Gasteiger partial charge is 0.325 e. The summed E-state index contributed by atoms with van der Waals surface area (Å²) in [5.41, 5.74) is -0.763. The molecule has 0 aromatic heterocycles. The molecule has 7 heteroatoms. The Labute approximate surface area is 136 Å². The monoisotopic (exact) mass is 322 g/mol. The zero-order valence-corrected chi connectivity index (χ0v) is 13.7. The Balaban J connectivity index is 1.54. The normalized spacial score (nSPS) is 31.2. The van der Waals surface area contributed by atoms with Gasteiger partial charge in [0.1, 0.15) is 12.1 Å². The van der Waals surface area contributed by atoms with Crippen molar-refractivity contribution >= 4 is 17.8 Å². The maximum absolute atomic E-state index is 12.7. The van der Waals surface area contributed by atoms with E-state index >= 15 is 0 Å². The molecule has 1 saturated carbocycles. The van der Waals surface area contributed by atoms with Crippen LogP contribution >= 0.6 is 0 Å². The summed E-state index contributed by atoms with van der Waals surface area (Å²) in [6, 6.07) is -0.426. The van der Waals surface area contributed by atoms with E-state index in [2.05, 4.69) is 22.9 Å². The average Bonchev–Trinajstić information content (AvgIpc) is 2.71. The van der Waals surface area contributed by atoms with Crippen molar-refractivity contribution in [3.8, 4) is 0 Å². The van der Waals surface area contributed by atoms with Crippen LogP contribution in [0.3, 0.4) is 0 Å². The highest BCUT2D eigenvalue weighted by Gasteiger charge is 2.52. The van der Waals surface area contributed by atoms with E-state index < -0.39 is 11.6 Å². The molecule has 2 saturated heterocycles. The van der Waals surface area contributed by atoms with Crippen molar-refractivity contribution in [2.45, 2.75) is 44.6 Å². The Morgan fingerprint density at radius 1 is 1.26 bits per heavy atom. The zero-order valence-electron chi connectivity index (χ0n) is 13.7. The Hall–Kier alpha value is -1.63. The molecule has 2 heterocycles. The van der Waals surface area contributed by atoms with Crippen LogP contribution in [0.25, 0.3) is 0 Å². The zero-order chi connectivity index (χ0) is 16.4. The van der Waals surface area contributed by atoms with Gasteiger partial charge in [-0.1, -0.05) is 13.3 Å². The van der Waals surface area contributed by atoms with Crippen molar-refractivity contribution < 1.29 is 14.4 Å². The number of carbonyl (C=O) groups is 3. The van der Waals surface area contributed by atoms with Crippen molar-refractivity contribution in [3.05, 3.63) is 0 Å². The number of rotatable bonds is 5. The van der Waals surface area contributed by atoms with Gasteiger partial charge in [0.15, 0.2) is 0 Å². The van der Waals surface area contributed by atoms with Gasteiger partial charge < -0.3 is 16.0 Å². The summed E-state index contributed by atoms with van der Waals surface area (Å²) in [5.74, 6) is 0.605.